The molecular weight excluding hydrogens is 320 g/mol. The van der Waals surface area contributed by atoms with Gasteiger partial charge in [0.15, 0.2) is 0 Å². The first kappa shape index (κ1) is 17.9. The van der Waals surface area contributed by atoms with Gasteiger partial charge >= 0.3 is 0 Å². The van der Waals surface area contributed by atoms with Gasteiger partial charge in [-0.05, 0) is 39.7 Å². The second kappa shape index (κ2) is 6.44. The van der Waals surface area contributed by atoms with Crippen LogP contribution in [0.25, 0.3) is 0 Å². The van der Waals surface area contributed by atoms with E-state index in [2.05, 4.69) is 5.10 Å². The van der Waals surface area contributed by atoms with Crippen LogP contribution in [0.4, 0.5) is 0 Å². The maximum absolute atomic E-state index is 12.9. The van der Waals surface area contributed by atoms with Gasteiger partial charge in [0.25, 0.3) is 0 Å². The first-order valence-electron chi connectivity index (χ1n) is 8.98. The lowest BCUT2D eigenvalue weighted by molar-refractivity contribution is -0.140. The monoisotopic (exact) mass is 348 g/mol. The molecule has 25 heavy (non-hydrogen) atoms. The number of amides is 2. The number of carbonyl (C=O) groups is 2. The molecule has 0 bridgehead atoms. The minimum atomic E-state index is -0.407. The molecule has 7 heteroatoms. The molecule has 1 aromatic heterocycles. The molecule has 0 aromatic carbocycles. The normalized spacial score (nSPS) is 28.0. The molecule has 0 aliphatic carbocycles. The number of nitrogens with two attached hydrogens (primary N) is 1. The third kappa shape index (κ3) is 3.56. The summed E-state index contributed by atoms with van der Waals surface area (Å²) in [5.74, 6) is -0.283. The fraction of sp³-hybridized carbons (Fsp3) is 0.722. The van der Waals surface area contributed by atoms with E-state index >= 15 is 0 Å². The molecule has 0 radical (unpaired) electrons. The summed E-state index contributed by atoms with van der Waals surface area (Å²) in [5, 5.41) is 4.34. The molecule has 2 atom stereocenters. The molecule has 2 aliphatic rings. The first-order valence-corrected chi connectivity index (χ1v) is 8.98. The molecule has 2 fully saturated rings. The number of likely N-dealkylation sites (tertiary alicyclic amines) is 1. The number of aryl methyl sites for hydroxylation is 2. The molecule has 0 saturated carbocycles. The third-order valence-electron chi connectivity index (χ3n) is 5.34. The SMILES string of the molecule is Cc1ccn(CCC(=O)N2CCC[C@]23CC(C)(C)O[C@H]3CC(N)=O)n1. The van der Waals surface area contributed by atoms with Gasteiger partial charge in [-0.1, -0.05) is 0 Å². The smallest absolute Gasteiger partial charge is 0.224 e. The van der Waals surface area contributed by atoms with Crippen molar-refractivity contribution in [3.63, 3.8) is 0 Å². The Morgan fingerprint density at radius 3 is 2.84 bits per heavy atom. The molecule has 1 aromatic rings. The van der Waals surface area contributed by atoms with Crippen LogP contribution < -0.4 is 5.73 Å². The Labute approximate surface area is 148 Å². The Bertz CT molecular complexity index is 669. The topological polar surface area (TPSA) is 90.5 Å². The number of rotatable bonds is 5. The van der Waals surface area contributed by atoms with E-state index in [-0.39, 0.29) is 29.9 Å². The Balaban J connectivity index is 1.75. The molecule has 7 nitrogen and oxygen atoms in total. The number of aromatic nitrogens is 2. The van der Waals surface area contributed by atoms with Crippen LogP contribution in [0.15, 0.2) is 12.3 Å². The average Bonchev–Trinajstić information content (AvgIpc) is 3.15. The predicted molar refractivity (Wildman–Crippen MR) is 92.6 cm³/mol. The Hall–Kier alpha value is -1.89. The highest BCUT2D eigenvalue weighted by Crippen LogP contribution is 2.48. The van der Waals surface area contributed by atoms with Gasteiger partial charge in [-0.2, -0.15) is 5.10 Å². The molecule has 2 aliphatic heterocycles. The number of primary amides is 1. The highest BCUT2D eigenvalue weighted by molar-refractivity contribution is 5.78. The fourth-order valence-corrected chi connectivity index (χ4v) is 4.53. The van der Waals surface area contributed by atoms with Crippen LogP contribution in [0.2, 0.25) is 0 Å². The maximum atomic E-state index is 12.9. The van der Waals surface area contributed by atoms with Crippen molar-refractivity contribution >= 4 is 11.8 Å². The molecular formula is C18H28N4O3. The molecule has 2 amide bonds. The van der Waals surface area contributed by atoms with Gasteiger partial charge in [-0.3, -0.25) is 14.3 Å². The summed E-state index contributed by atoms with van der Waals surface area (Å²) in [6, 6.07) is 1.93. The largest absolute Gasteiger partial charge is 0.370 e. The number of hydrogen-bond acceptors (Lipinski definition) is 4. The van der Waals surface area contributed by atoms with Crippen LogP contribution in [0, 0.1) is 6.92 Å². The van der Waals surface area contributed by atoms with E-state index in [1.807, 2.05) is 37.9 Å². The summed E-state index contributed by atoms with van der Waals surface area (Å²) in [4.78, 5) is 26.4. The standard InChI is InChI=1S/C18H28N4O3/c1-13-5-9-21(20-13)10-6-16(24)22-8-4-7-18(22)12-17(2,3)25-14(18)11-15(19)23/h5,9,14H,4,6-8,10-12H2,1-3H3,(H2,19,23)/t14-,18+/m0/s1. The van der Waals surface area contributed by atoms with E-state index in [1.165, 1.54) is 0 Å². The van der Waals surface area contributed by atoms with E-state index in [0.29, 0.717) is 19.5 Å². The van der Waals surface area contributed by atoms with Crippen molar-refractivity contribution in [2.75, 3.05) is 6.54 Å². The lowest BCUT2D eigenvalue weighted by atomic mass is 9.82. The van der Waals surface area contributed by atoms with Crippen LogP contribution in [0.5, 0.6) is 0 Å². The summed E-state index contributed by atoms with van der Waals surface area (Å²) in [5.41, 5.74) is 5.61. The van der Waals surface area contributed by atoms with Crippen molar-refractivity contribution in [2.24, 2.45) is 5.73 Å². The zero-order valence-electron chi connectivity index (χ0n) is 15.3. The lowest BCUT2D eigenvalue weighted by Gasteiger charge is -2.38. The summed E-state index contributed by atoms with van der Waals surface area (Å²) in [6.07, 6.45) is 4.66. The van der Waals surface area contributed by atoms with Gasteiger partial charge in [0.2, 0.25) is 11.8 Å². The quantitative estimate of drug-likeness (QED) is 0.870. The van der Waals surface area contributed by atoms with E-state index in [1.54, 1.807) is 4.68 Å². The third-order valence-corrected chi connectivity index (χ3v) is 5.34. The Morgan fingerprint density at radius 2 is 2.20 bits per heavy atom. The molecule has 2 N–H and O–H groups in total. The van der Waals surface area contributed by atoms with Gasteiger partial charge in [-0.25, -0.2) is 0 Å². The molecule has 1 spiro atoms. The van der Waals surface area contributed by atoms with Crippen molar-refractivity contribution in [3.8, 4) is 0 Å². The van der Waals surface area contributed by atoms with Crippen LogP contribution in [0.1, 0.15) is 51.6 Å². The van der Waals surface area contributed by atoms with Gasteiger partial charge in [-0.15, -0.1) is 0 Å². The Morgan fingerprint density at radius 1 is 1.44 bits per heavy atom. The van der Waals surface area contributed by atoms with Crippen LogP contribution in [-0.4, -0.2) is 50.3 Å². The predicted octanol–water partition coefficient (Wildman–Crippen LogP) is 1.39. The van der Waals surface area contributed by atoms with Crippen LogP contribution >= 0.6 is 0 Å². The van der Waals surface area contributed by atoms with E-state index < -0.39 is 5.54 Å². The Kier molecular flexibility index (Phi) is 4.62. The summed E-state index contributed by atoms with van der Waals surface area (Å²) < 4.78 is 7.93. The van der Waals surface area contributed by atoms with Crippen molar-refractivity contribution in [1.29, 1.82) is 0 Å². The summed E-state index contributed by atoms with van der Waals surface area (Å²) >= 11 is 0. The molecule has 0 unspecified atom stereocenters. The fourth-order valence-electron chi connectivity index (χ4n) is 4.53. The van der Waals surface area contributed by atoms with Gasteiger partial charge in [0, 0.05) is 32.1 Å². The van der Waals surface area contributed by atoms with Gasteiger partial charge < -0.3 is 15.4 Å². The molecule has 138 valence electrons. The number of nitrogens with zero attached hydrogens (tertiary/aromatic N) is 3. The number of carbonyl (C=O) groups excluding carboxylic acids is 2. The minimum absolute atomic E-state index is 0.0985. The first-order chi connectivity index (χ1) is 11.7. The summed E-state index contributed by atoms with van der Waals surface area (Å²) in [6.45, 7) is 7.24. The maximum Gasteiger partial charge on any atom is 0.224 e. The van der Waals surface area contributed by atoms with Gasteiger partial charge in [0.05, 0.1) is 29.4 Å². The minimum Gasteiger partial charge on any atom is -0.370 e. The molecule has 3 heterocycles. The van der Waals surface area contributed by atoms with Crippen molar-refractivity contribution in [2.45, 2.75) is 76.7 Å². The second-order valence-electron chi connectivity index (χ2n) is 7.94. The highest BCUT2D eigenvalue weighted by Gasteiger charge is 2.58. The van der Waals surface area contributed by atoms with Crippen molar-refractivity contribution in [3.05, 3.63) is 18.0 Å². The second-order valence-corrected chi connectivity index (χ2v) is 7.94. The zero-order chi connectivity index (χ0) is 18.2. The number of hydrogen-bond donors (Lipinski definition) is 1. The van der Waals surface area contributed by atoms with E-state index in [9.17, 15) is 9.59 Å². The van der Waals surface area contributed by atoms with Crippen molar-refractivity contribution in [1.82, 2.24) is 14.7 Å². The van der Waals surface area contributed by atoms with E-state index in [4.69, 9.17) is 10.5 Å². The molecule has 2 saturated heterocycles. The van der Waals surface area contributed by atoms with E-state index in [0.717, 1.165) is 25.0 Å². The zero-order valence-corrected chi connectivity index (χ0v) is 15.3. The average molecular weight is 348 g/mol. The van der Waals surface area contributed by atoms with Crippen LogP contribution in [0.3, 0.4) is 0 Å². The van der Waals surface area contributed by atoms with Crippen molar-refractivity contribution < 1.29 is 14.3 Å². The summed E-state index contributed by atoms with van der Waals surface area (Å²) in [7, 11) is 0. The van der Waals surface area contributed by atoms with Gasteiger partial charge in [0.1, 0.15) is 0 Å². The highest BCUT2D eigenvalue weighted by atomic mass is 16.5. The lowest BCUT2D eigenvalue weighted by Crippen LogP contribution is -2.53. The van der Waals surface area contributed by atoms with Crippen LogP contribution in [-0.2, 0) is 20.9 Å². The molecule has 3 rings (SSSR count). The number of ether oxygens (including phenoxy) is 1.